The number of para-hydroxylation sites is 1. The van der Waals surface area contributed by atoms with Crippen LogP contribution in [0.5, 0.6) is 0 Å². The predicted molar refractivity (Wildman–Crippen MR) is 206 cm³/mol. The van der Waals surface area contributed by atoms with E-state index in [1.165, 1.54) is 15.6 Å². The molecule has 50 heavy (non-hydrogen) atoms. The molecule has 8 rings (SSSR count). The molecule has 4 nitrogen and oxygen atoms in total. The van der Waals surface area contributed by atoms with Gasteiger partial charge in [-0.15, -0.1) is 0 Å². The first-order valence-electron chi connectivity index (χ1n) is 16.3. The maximum Gasteiger partial charge on any atom is 0.189 e. The van der Waals surface area contributed by atoms with Crippen LogP contribution in [0.15, 0.2) is 170 Å². The molecule has 0 N–H and O–H groups in total. The Bertz CT molecular complexity index is 2580. The van der Waals surface area contributed by atoms with Gasteiger partial charge in [0, 0.05) is 16.5 Å². The number of benzene rings is 7. The highest BCUT2D eigenvalue weighted by atomic mass is 28.3. The van der Waals surface area contributed by atoms with Gasteiger partial charge < -0.3 is 4.57 Å². The number of fused-ring (bicyclic) bond motifs is 3. The lowest BCUT2D eigenvalue weighted by atomic mass is 10.0. The molecular formula is C45H28N4Si. The topological polar surface area (TPSA) is 56.9 Å². The van der Waals surface area contributed by atoms with Crippen molar-refractivity contribution in [3.63, 3.8) is 0 Å². The minimum atomic E-state index is -2.93. The largest absolute Gasteiger partial charge is 0.310 e. The fourth-order valence-electron chi connectivity index (χ4n) is 7.42. The first-order chi connectivity index (χ1) is 24.6. The standard InChI is InChI=1S/C45H28N4Si/c1-48-36-26-35(27-37(29-36)49-44-20-12-11-19-42(44)43-25-32(30-46)21-22-45(43)49)34-23-33(31-47)24-41(28-34)50(38-13-5-2-6-14-38,39-15-7-3-8-16-39)40-17-9-4-10-18-40/h2-29H. The molecule has 7 aromatic carbocycles. The number of aromatic nitrogens is 1. The highest BCUT2D eigenvalue weighted by Crippen LogP contribution is 2.36. The molecule has 0 atom stereocenters. The Morgan fingerprint density at radius 1 is 0.480 bits per heavy atom. The van der Waals surface area contributed by atoms with Crippen molar-refractivity contribution in [1.29, 1.82) is 10.5 Å². The molecule has 0 fully saturated rings. The Hall–Kier alpha value is -6.97. The van der Waals surface area contributed by atoms with E-state index in [2.05, 4.69) is 125 Å². The van der Waals surface area contributed by atoms with Gasteiger partial charge in [0.15, 0.2) is 13.8 Å². The van der Waals surface area contributed by atoms with Crippen LogP contribution < -0.4 is 20.7 Å². The van der Waals surface area contributed by atoms with E-state index in [-0.39, 0.29) is 0 Å². The fourth-order valence-corrected chi connectivity index (χ4v) is 12.2. The van der Waals surface area contributed by atoms with Crippen LogP contribution in [0.1, 0.15) is 11.1 Å². The van der Waals surface area contributed by atoms with E-state index in [4.69, 9.17) is 6.57 Å². The lowest BCUT2D eigenvalue weighted by Gasteiger charge is -2.35. The van der Waals surface area contributed by atoms with Crippen molar-refractivity contribution >= 4 is 56.3 Å². The minimum absolute atomic E-state index is 0.499. The summed E-state index contributed by atoms with van der Waals surface area (Å²) in [6.45, 7) is 8.10. The van der Waals surface area contributed by atoms with Gasteiger partial charge in [-0.25, -0.2) is 4.85 Å². The summed E-state index contributed by atoms with van der Waals surface area (Å²) in [6.07, 6.45) is 0. The Kier molecular flexibility index (Phi) is 7.63. The van der Waals surface area contributed by atoms with E-state index >= 15 is 0 Å². The summed E-state index contributed by atoms with van der Waals surface area (Å²) in [7, 11) is -2.93. The van der Waals surface area contributed by atoms with Gasteiger partial charge in [-0.05, 0) is 86.5 Å². The molecule has 8 aromatic rings. The molecule has 0 aliphatic heterocycles. The van der Waals surface area contributed by atoms with E-state index in [9.17, 15) is 10.5 Å². The molecule has 0 spiro atoms. The van der Waals surface area contributed by atoms with Crippen LogP contribution in [-0.2, 0) is 0 Å². The van der Waals surface area contributed by atoms with E-state index in [1.807, 2.05) is 66.7 Å². The fraction of sp³-hybridized carbons (Fsp3) is 0. The van der Waals surface area contributed by atoms with Crippen molar-refractivity contribution in [2.45, 2.75) is 0 Å². The highest BCUT2D eigenvalue weighted by Gasteiger charge is 2.41. The molecule has 0 aliphatic rings. The van der Waals surface area contributed by atoms with Crippen molar-refractivity contribution in [3.05, 3.63) is 192 Å². The summed E-state index contributed by atoms with van der Waals surface area (Å²) >= 11 is 0. The summed E-state index contributed by atoms with van der Waals surface area (Å²) < 4.78 is 2.16. The Morgan fingerprint density at radius 3 is 1.64 bits per heavy atom. The maximum atomic E-state index is 10.5. The summed E-state index contributed by atoms with van der Waals surface area (Å²) in [5.74, 6) is 0. The zero-order chi connectivity index (χ0) is 34.1. The number of hydrogen-bond donors (Lipinski definition) is 0. The lowest BCUT2D eigenvalue weighted by Crippen LogP contribution is -2.74. The van der Waals surface area contributed by atoms with Crippen LogP contribution >= 0.6 is 0 Å². The molecule has 0 amide bonds. The van der Waals surface area contributed by atoms with Crippen molar-refractivity contribution in [2.75, 3.05) is 0 Å². The van der Waals surface area contributed by atoms with Gasteiger partial charge in [0.25, 0.3) is 0 Å². The van der Waals surface area contributed by atoms with Crippen molar-refractivity contribution in [1.82, 2.24) is 4.57 Å². The Labute approximate surface area is 291 Å². The smallest absolute Gasteiger partial charge is 0.189 e. The second-order valence-electron chi connectivity index (χ2n) is 12.3. The molecule has 0 unspecified atom stereocenters. The molecule has 1 heterocycles. The van der Waals surface area contributed by atoms with Crippen molar-refractivity contribution in [3.8, 4) is 29.0 Å². The van der Waals surface area contributed by atoms with E-state index in [0.717, 1.165) is 43.8 Å². The van der Waals surface area contributed by atoms with Gasteiger partial charge in [0.2, 0.25) is 0 Å². The number of nitrogens with zero attached hydrogens (tertiary/aromatic N) is 4. The maximum absolute atomic E-state index is 10.5. The third kappa shape index (κ3) is 4.97. The van der Waals surface area contributed by atoms with Crippen LogP contribution in [-0.4, -0.2) is 12.6 Å². The normalized spacial score (nSPS) is 11.1. The summed E-state index contributed by atoms with van der Waals surface area (Å²) in [6, 6.07) is 62.7. The third-order valence-corrected chi connectivity index (χ3v) is 14.3. The molecule has 0 saturated carbocycles. The number of nitriles is 2. The van der Waals surface area contributed by atoms with Gasteiger partial charge in [-0.3, -0.25) is 0 Å². The number of hydrogen-bond acceptors (Lipinski definition) is 2. The molecule has 0 saturated heterocycles. The SMILES string of the molecule is [C-]#[N+]c1cc(-c2cc(C#N)cc([Si](c3ccccc3)(c3ccccc3)c3ccccc3)c2)cc(-n2c3ccccc3c3cc(C#N)ccc32)c1. The zero-order valence-corrected chi connectivity index (χ0v) is 28.0. The average Bonchev–Trinajstić information content (AvgIpc) is 3.53. The van der Waals surface area contributed by atoms with Crippen LogP contribution in [0.3, 0.4) is 0 Å². The lowest BCUT2D eigenvalue weighted by molar-refractivity contribution is 1.18. The molecule has 5 heteroatoms. The molecule has 0 aliphatic carbocycles. The van der Waals surface area contributed by atoms with Crippen LogP contribution in [0.25, 0.3) is 43.5 Å². The third-order valence-electron chi connectivity index (χ3n) is 9.54. The van der Waals surface area contributed by atoms with E-state index in [1.54, 1.807) is 0 Å². The molecule has 232 valence electrons. The first-order valence-corrected chi connectivity index (χ1v) is 18.3. The summed E-state index contributed by atoms with van der Waals surface area (Å²) in [4.78, 5) is 3.91. The van der Waals surface area contributed by atoms with E-state index < -0.39 is 8.07 Å². The zero-order valence-electron chi connectivity index (χ0n) is 27.0. The predicted octanol–water partition coefficient (Wildman–Crippen LogP) is 8.12. The summed E-state index contributed by atoms with van der Waals surface area (Å²) in [5.41, 5.74) is 6.16. The van der Waals surface area contributed by atoms with Gasteiger partial charge in [0.05, 0.1) is 40.9 Å². The molecular weight excluding hydrogens is 625 g/mol. The van der Waals surface area contributed by atoms with E-state index in [0.29, 0.717) is 16.8 Å². The van der Waals surface area contributed by atoms with Crippen molar-refractivity contribution in [2.24, 2.45) is 0 Å². The monoisotopic (exact) mass is 652 g/mol. The second-order valence-corrected chi connectivity index (χ2v) is 16.1. The Balaban J connectivity index is 1.42. The Morgan fingerprint density at radius 2 is 1.04 bits per heavy atom. The first kappa shape index (κ1) is 30.4. The summed E-state index contributed by atoms with van der Waals surface area (Å²) in [5, 5.41) is 26.9. The van der Waals surface area contributed by atoms with Gasteiger partial charge in [-0.1, -0.05) is 115 Å². The average molecular weight is 653 g/mol. The molecule has 0 bridgehead atoms. The molecule has 0 radical (unpaired) electrons. The van der Waals surface area contributed by atoms with Gasteiger partial charge >= 0.3 is 0 Å². The second kappa shape index (κ2) is 12.6. The van der Waals surface area contributed by atoms with Gasteiger partial charge in [0.1, 0.15) is 0 Å². The minimum Gasteiger partial charge on any atom is -0.310 e. The highest BCUT2D eigenvalue weighted by molar-refractivity contribution is 7.19. The van der Waals surface area contributed by atoms with Crippen LogP contribution in [0, 0.1) is 29.2 Å². The van der Waals surface area contributed by atoms with Crippen molar-refractivity contribution < 1.29 is 0 Å². The number of rotatable bonds is 6. The molecule has 1 aromatic heterocycles. The van der Waals surface area contributed by atoms with Gasteiger partial charge in [-0.2, -0.15) is 10.5 Å². The quantitative estimate of drug-likeness (QED) is 0.104. The van der Waals surface area contributed by atoms with Crippen LogP contribution in [0.4, 0.5) is 5.69 Å². The van der Waals surface area contributed by atoms with Crippen LogP contribution in [0.2, 0.25) is 0 Å².